The molecule has 5 rings (SSSR count). The van der Waals surface area contributed by atoms with Gasteiger partial charge >= 0.3 is 5.63 Å². The molecule has 3 heterocycles. The van der Waals surface area contributed by atoms with Crippen LogP contribution in [0.5, 0.6) is 0 Å². The number of hydrogen-bond donors (Lipinski definition) is 0. The lowest BCUT2D eigenvalue weighted by Gasteiger charge is -2.08. The van der Waals surface area contributed by atoms with E-state index in [1.165, 1.54) is 0 Å². The summed E-state index contributed by atoms with van der Waals surface area (Å²) in [5.41, 5.74) is 3.36. The number of aromatic nitrogens is 3. The van der Waals surface area contributed by atoms with Gasteiger partial charge in [-0.05, 0) is 32.0 Å². The average Bonchev–Trinajstić information content (AvgIpc) is 2.98. The van der Waals surface area contributed by atoms with Crippen molar-refractivity contribution in [1.82, 2.24) is 14.8 Å². The summed E-state index contributed by atoms with van der Waals surface area (Å²) in [5.74, 6) is 0. The van der Waals surface area contributed by atoms with Crippen LogP contribution in [0.3, 0.4) is 0 Å². The second kappa shape index (κ2) is 5.26. The number of benzene rings is 2. The summed E-state index contributed by atoms with van der Waals surface area (Å²) in [6.45, 7) is 3.78. The van der Waals surface area contributed by atoms with Gasteiger partial charge in [0.2, 0.25) is 0 Å². The van der Waals surface area contributed by atoms with Gasteiger partial charge in [0.15, 0.2) is 5.65 Å². The Labute approximate surface area is 148 Å². The Balaban J connectivity index is 2.07. The quantitative estimate of drug-likeness (QED) is 0.337. The first-order valence-electron chi connectivity index (χ1n) is 8.42. The molecule has 5 heteroatoms. The number of para-hydroxylation sites is 2. The molecule has 0 amide bonds. The van der Waals surface area contributed by atoms with Crippen LogP contribution in [0.15, 0.2) is 63.8 Å². The van der Waals surface area contributed by atoms with Crippen molar-refractivity contribution < 1.29 is 4.42 Å². The van der Waals surface area contributed by atoms with Gasteiger partial charge in [-0.25, -0.2) is 14.5 Å². The van der Waals surface area contributed by atoms with Gasteiger partial charge in [0.25, 0.3) is 0 Å². The van der Waals surface area contributed by atoms with Gasteiger partial charge in [-0.1, -0.05) is 36.4 Å². The lowest BCUT2D eigenvalue weighted by atomic mass is 10.0. The number of hydrogen-bond acceptors (Lipinski definition) is 4. The molecule has 0 bridgehead atoms. The fourth-order valence-electron chi connectivity index (χ4n) is 3.61. The Kier molecular flexibility index (Phi) is 3.00. The molecule has 0 aliphatic heterocycles. The van der Waals surface area contributed by atoms with Crippen LogP contribution in [0.4, 0.5) is 0 Å². The molecular weight excluding hydrogens is 326 g/mol. The van der Waals surface area contributed by atoms with E-state index in [2.05, 4.69) is 0 Å². The van der Waals surface area contributed by atoms with Crippen molar-refractivity contribution in [3.63, 3.8) is 0 Å². The highest BCUT2D eigenvalue weighted by atomic mass is 16.4. The summed E-state index contributed by atoms with van der Waals surface area (Å²) in [7, 11) is 0. The van der Waals surface area contributed by atoms with Crippen LogP contribution in [0.2, 0.25) is 0 Å². The van der Waals surface area contributed by atoms with Crippen LogP contribution in [0.1, 0.15) is 11.4 Å². The Morgan fingerprint density at radius 3 is 2.38 bits per heavy atom. The third-order valence-electron chi connectivity index (χ3n) is 4.74. The molecule has 2 aromatic carbocycles. The fraction of sp³-hybridized carbons (Fsp3) is 0.0952. The van der Waals surface area contributed by atoms with Gasteiger partial charge in [-0.3, -0.25) is 0 Å². The van der Waals surface area contributed by atoms with Gasteiger partial charge in [0, 0.05) is 10.8 Å². The molecule has 0 unspecified atom stereocenters. The molecule has 0 spiro atoms. The van der Waals surface area contributed by atoms with Gasteiger partial charge < -0.3 is 4.42 Å². The lowest BCUT2D eigenvalue weighted by Crippen LogP contribution is -2.05. The summed E-state index contributed by atoms with van der Waals surface area (Å²) >= 11 is 0. The van der Waals surface area contributed by atoms with E-state index in [0.717, 1.165) is 33.2 Å². The molecule has 5 nitrogen and oxygen atoms in total. The standard InChI is InChI=1S/C21H15N3O2/c1-12-18-19(15-10-6-7-11-16(15)26-21(18)25)17-13(2)23-24(20(17)22-12)14-8-4-3-5-9-14/h3-11H,1-2H3. The van der Waals surface area contributed by atoms with Crippen LogP contribution in [0, 0.1) is 13.8 Å². The van der Waals surface area contributed by atoms with E-state index in [-0.39, 0.29) is 5.63 Å². The van der Waals surface area contributed by atoms with Crippen LogP contribution < -0.4 is 5.63 Å². The minimum atomic E-state index is -0.363. The number of aryl methyl sites for hydroxylation is 2. The summed E-state index contributed by atoms with van der Waals surface area (Å²) < 4.78 is 7.35. The zero-order valence-corrected chi connectivity index (χ0v) is 14.4. The Morgan fingerprint density at radius 2 is 1.58 bits per heavy atom. The molecule has 0 atom stereocenters. The molecule has 5 aromatic rings. The first kappa shape index (κ1) is 14.8. The molecule has 0 saturated heterocycles. The highest BCUT2D eigenvalue weighted by Gasteiger charge is 2.20. The molecule has 0 radical (unpaired) electrons. The molecular formula is C21H15N3O2. The summed E-state index contributed by atoms with van der Waals surface area (Å²) in [6, 6.07) is 17.5. The Hall–Kier alpha value is -3.47. The topological polar surface area (TPSA) is 60.9 Å². The van der Waals surface area contributed by atoms with Crippen molar-refractivity contribution >= 4 is 32.8 Å². The largest absolute Gasteiger partial charge is 0.422 e. The van der Waals surface area contributed by atoms with Crippen LogP contribution in [-0.2, 0) is 0 Å². The second-order valence-electron chi connectivity index (χ2n) is 6.36. The second-order valence-corrected chi connectivity index (χ2v) is 6.36. The van der Waals surface area contributed by atoms with Gasteiger partial charge in [0.05, 0.1) is 27.8 Å². The van der Waals surface area contributed by atoms with E-state index in [4.69, 9.17) is 14.5 Å². The smallest absolute Gasteiger partial charge is 0.346 e. The van der Waals surface area contributed by atoms with Gasteiger partial charge in [0.1, 0.15) is 5.58 Å². The molecule has 3 aromatic heterocycles. The molecule has 0 fully saturated rings. The normalized spacial score (nSPS) is 11.6. The predicted octanol–water partition coefficient (Wildman–Crippen LogP) is 4.30. The monoisotopic (exact) mass is 341 g/mol. The van der Waals surface area contributed by atoms with E-state index in [9.17, 15) is 4.79 Å². The van der Waals surface area contributed by atoms with Crippen molar-refractivity contribution in [3.05, 3.63) is 76.4 Å². The van der Waals surface area contributed by atoms with E-state index in [0.29, 0.717) is 16.7 Å². The maximum absolute atomic E-state index is 12.6. The van der Waals surface area contributed by atoms with Crippen LogP contribution in [-0.4, -0.2) is 14.8 Å². The van der Waals surface area contributed by atoms with E-state index in [1.807, 2.05) is 73.1 Å². The van der Waals surface area contributed by atoms with Gasteiger partial charge in [-0.15, -0.1) is 0 Å². The van der Waals surface area contributed by atoms with Crippen LogP contribution >= 0.6 is 0 Å². The molecule has 0 N–H and O–H groups in total. The molecule has 0 aliphatic rings. The van der Waals surface area contributed by atoms with Crippen molar-refractivity contribution in [1.29, 1.82) is 0 Å². The van der Waals surface area contributed by atoms with Crippen LogP contribution in [0.25, 0.3) is 38.5 Å². The van der Waals surface area contributed by atoms with Crippen molar-refractivity contribution in [2.24, 2.45) is 0 Å². The summed E-state index contributed by atoms with van der Waals surface area (Å²) in [6.07, 6.45) is 0. The van der Waals surface area contributed by atoms with Crippen molar-refractivity contribution in [2.75, 3.05) is 0 Å². The molecule has 0 saturated carbocycles. The highest BCUT2D eigenvalue weighted by molar-refractivity contribution is 6.18. The number of nitrogens with zero attached hydrogens (tertiary/aromatic N) is 3. The highest BCUT2D eigenvalue weighted by Crippen LogP contribution is 2.33. The number of fused-ring (bicyclic) bond motifs is 5. The molecule has 26 heavy (non-hydrogen) atoms. The molecule has 0 aliphatic carbocycles. The summed E-state index contributed by atoms with van der Waals surface area (Å²) in [5, 5.41) is 7.87. The maximum Gasteiger partial charge on any atom is 0.346 e. The third-order valence-corrected chi connectivity index (χ3v) is 4.74. The zero-order valence-electron chi connectivity index (χ0n) is 14.4. The van der Waals surface area contributed by atoms with Crippen molar-refractivity contribution in [2.45, 2.75) is 13.8 Å². The maximum atomic E-state index is 12.6. The Morgan fingerprint density at radius 1 is 0.846 bits per heavy atom. The Bertz CT molecular complexity index is 1360. The predicted molar refractivity (Wildman–Crippen MR) is 102 cm³/mol. The fourth-order valence-corrected chi connectivity index (χ4v) is 3.61. The number of pyridine rings is 1. The van der Waals surface area contributed by atoms with E-state index in [1.54, 1.807) is 0 Å². The first-order chi connectivity index (χ1) is 12.6. The van der Waals surface area contributed by atoms with E-state index < -0.39 is 0 Å². The van der Waals surface area contributed by atoms with Crippen molar-refractivity contribution in [3.8, 4) is 5.69 Å². The zero-order chi connectivity index (χ0) is 17.8. The summed E-state index contributed by atoms with van der Waals surface area (Å²) in [4.78, 5) is 17.3. The SMILES string of the molecule is Cc1nc2c(c(C)nn2-c2ccccc2)c2c1c(=O)oc1ccccc12. The van der Waals surface area contributed by atoms with Gasteiger partial charge in [-0.2, -0.15) is 5.10 Å². The molecule has 126 valence electrons. The number of rotatable bonds is 1. The minimum Gasteiger partial charge on any atom is -0.422 e. The lowest BCUT2D eigenvalue weighted by molar-refractivity contribution is 0.569. The third kappa shape index (κ3) is 1.94. The van der Waals surface area contributed by atoms with E-state index >= 15 is 0 Å². The average molecular weight is 341 g/mol. The minimum absolute atomic E-state index is 0.363. The first-order valence-corrected chi connectivity index (χ1v) is 8.42.